The van der Waals surface area contributed by atoms with Gasteiger partial charge in [-0.1, -0.05) is 32.0 Å². The SMILES string of the molecule is CC(C)C(NC=CC(=O)C(F)(F)F)C(=O)Nc1ccccc1. The van der Waals surface area contributed by atoms with Crippen molar-refractivity contribution < 1.29 is 22.8 Å². The summed E-state index contributed by atoms with van der Waals surface area (Å²) in [4.78, 5) is 22.8. The third-order valence-electron chi connectivity index (χ3n) is 2.78. The Hall–Kier alpha value is -2.31. The van der Waals surface area contributed by atoms with Crippen molar-refractivity contribution in [2.75, 3.05) is 5.32 Å². The van der Waals surface area contributed by atoms with Crippen LogP contribution in [0.3, 0.4) is 0 Å². The topological polar surface area (TPSA) is 58.2 Å². The van der Waals surface area contributed by atoms with Gasteiger partial charge in [0.1, 0.15) is 6.04 Å². The standard InChI is InChI=1S/C15H17F3N2O2/c1-10(2)13(19-9-8-12(21)15(16,17)18)14(22)20-11-6-4-3-5-7-11/h3-10,13,19H,1-2H3,(H,20,22). The monoisotopic (exact) mass is 314 g/mol. The number of anilines is 1. The Morgan fingerprint density at radius 2 is 1.73 bits per heavy atom. The van der Waals surface area contributed by atoms with Crippen molar-refractivity contribution in [3.63, 3.8) is 0 Å². The fourth-order valence-electron chi connectivity index (χ4n) is 1.63. The molecule has 0 fully saturated rings. The lowest BCUT2D eigenvalue weighted by Gasteiger charge is -2.20. The average molecular weight is 314 g/mol. The molecule has 1 rings (SSSR count). The molecular formula is C15H17F3N2O2. The number of allylic oxidation sites excluding steroid dienone is 1. The summed E-state index contributed by atoms with van der Waals surface area (Å²) in [6, 6.07) is 7.90. The second-order valence-electron chi connectivity index (χ2n) is 4.94. The van der Waals surface area contributed by atoms with Crippen molar-refractivity contribution in [3.8, 4) is 0 Å². The molecular weight excluding hydrogens is 297 g/mol. The lowest BCUT2D eigenvalue weighted by Crippen LogP contribution is -2.42. The van der Waals surface area contributed by atoms with E-state index < -0.39 is 23.9 Å². The number of carbonyl (C=O) groups excluding carboxylic acids is 2. The third-order valence-corrected chi connectivity index (χ3v) is 2.78. The van der Waals surface area contributed by atoms with Gasteiger partial charge in [0.2, 0.25) is 5.91 Å². The van der Waals surface area contributed by atoms with E-state index in [0.29, 0.717) is 11.8 Å². The van der Waals surface area contributed by atoms with Gasteiger partial charge in [0.15, 0.2) is 0 Å². The van der Waals surface area contributed by atoms with Crippen molar-refractivity contribution >= 4 is 17.4 Å². The lowest BCUT2D eigenvalue weighted by molar-refractivity contribution is -0.165. The Balaban J connectivity index is 2.68. The molecule has 0 saturated carbocycles. The summed E-state index contributed by atoms with van der Waals surface area (Å²) >= 11 is 0. The van der Waals surface area contributed by atoms with Crippen molar-refractivity contribution in [1.29, 1.82) is 0 Å². The van der Waals surface area contributed by atoms with Gasteiger partial charge in [-0.25, -0.2) is 0 Å². The second-order valence-corrected chi connectivity index (χ2v) is 4.94. The average Bonchev–Trinajstić information content (AvgIpc) is 2.42. The number of rotatable bonds is 6. The highest BCUT2D eigenvalue weighted by Crippen LogP contribution is 2.16. The highest BCUT2D eigenvalue weighted by Gasteiger charge is 2.36. The minimum absolute atomic E-state index is 0.186. The molecule has 1 atom stereocenters. The maximum atomic E-state index is 12.1. The fourth-order valence-corrected chi connectivity index (χ4v) is 1.63. The molecule has 1 amide bonds. The van der Waals surface area contributed by atoms with Crippen LogP contribution in [-0.2, 0) is 9.59 Å². The predicted molar refractivity (Wildman–Crippen MR) is 77.0 cm³/mol. The smallest absolute Gasteiger partial charge is 0.379 e. The lowest BCUT2D eigenvalue weighted by atomic mass is 10.0. The minimum atomic E-state index is -4.92. The molecule has 120 valence electrons. The van der Waals surface area contributed by atoms with Crippen molar-refractivity contribution in [1.82, 2.24) is 5.32 Å². The molecule has 0 radical (unpaired) electrons. The number of hydrogen-bond donors (Lipinski definition) is 2. The van der Waals surface area contributed by atoms with Crippen LogP contribution in [0, 0.1) is 5.92 Å². The molecule has 0 spiro atoms. The van der Waals surface area contributed by atoms with Gasteiger partial charge in [-0.15, -0.1) is 0 Å². The number of ketones is 1. The number of amides is 1. The largest absolute Gasteiger partial charge is 0.454 e. The third kappa shape index (κ3) is 5.59. The molecule has 2 N–H and O–H groups in total. The van der Waals surface area contributed by atoms with E-state index in [1.807, 2.05) is 0 Å². The van der Waals surface area contributed by atoms with E-state index >= 15 is 0 Å². The first-order valence-electron chi connectivity index (χ1n) is 6.61. The Morgan fingerprint density at radius 3 is 2.23 bits per heavy atom. The second kappa shape index (κ2) is 7.63. The highest BCUT2D eigenvalue weighted by molar-refractivity contribution is 5.96. The molecule has 1 unspecified atom stereocenters. The zero-order chi connectivity index (χ0) is 16.8. The normalized spacial score (nSPS) is 13.2. The highest BCUT2D eigenvalue weighted by atomic mass is 19.4. The van der Waals surface area contributed by atoms with E-state index in [1.54, 1.807) is 44.2 Å². The fraction of sp³-hybridized carbons (Fsp3) is 0.333. The van der Waals surface area contributed by atoms with Gasteiger partial charge in [0.05, 0.1) is 0 Å². The van der Waals surface area contributed by atoms with E-state index in [0.717, 1.165) is 6.20 Å². The molecule has 0 aliphatic heterocycles. The predicted octanol–water partition coefficient (Wildman–Crippen LogP) is 2.88. The number of halogens is 3. The van der Waals surface area contributed by atoms with Crippen LogP contribution in [0.1, 0.15) is 13.8 Å². The Kier molecular flexibility index (Phi) is 6.15. The Bertz CT molecular complexity index is 539. The van der Waals surface area contributed by atoms with Crippen LogP contribution in [0.5, 0.6) is 0 Å². The van der Waals surface area contributed by atoms with Crippen LogP contribution in [0.15, 0.2) is 42.6 Å². The molecule has 1 aromatic carbocycles. The summed E-state index contributed by atoms with van der Waals surface area (Å²) in [5, 5.41) is 5.18. The first-order valence-corrected chi connectivity index (χ1v) is 6.61. The molecule has 0 heterocycles. The van der Waals surface area contributed by atoms with Gasteiger partial charge >= 0.3 is 6.18 Å². The van der Waals surface area contributed by atoms with Crippen LogP contribution < -0.4 is 10.6 Å². The van der Waals surface area contributed by atoms with Crippen LogP contribution in [0.2, 0.25) is 0 Å². The number of alkyl halides is 3. The van der Waals surface area contributed by atoms with Gasteiger partial charge in [-0.05, 0) is 18.1 Å². The number of carbonyl (C=O) groups is 2. The van der Waals surface area contributed by atoms with Crippen molar-refractivity contribution in [2.45, 2.75) is 26.1 Å². The van der Waals surface area contributed by atoms with E-state index in [-0.39, 0.29) is 5.92 Å². The molecule has 7 heteroatoms. The van der Waals surface area contributed by atoms with Crippen molar-refractivity contribution in [3.05, 3.63) is 42.6 Å². The quantitative estimate of drug-likeness (QED) is 0.794. The summed E-state index contributed by atoms with van der Waals surface area (Å²) in [6.45, 7) is 3.48. The molecule has 0 saturated heterocycles. The van der Waals surface area contributed by atoms with Gasteiger partial charge in [-0.3, -0.25) is 9.59 Å². The van der Waals surface area contributed by atoms with Gasteiger partial charge in [-0.2, -0.15) is 13.2 Å². The van der Waals surface area contributed by atoms with Gasteiger partial charge in [0.25, 0.3) is 5.78 Å². The molecule has 0 aromatic heterocycles. The van der Waals surface area contributed by atoms with Gasteiger partial charge < -0.3 is 10.6 Å². The van der Waals surface area contributed by atoms with Crippen molar-refractivity contribution in [2.24, 2.45) is 5.92 Å². The summed E-state index contributed by atoms with van der Waals surface area (Å²) < 4.78 is 36.2. The number of nitrogens with one attached hydrogen (secondary N) is 2. The molecule has 1 aromatic rings. The van der Waals surface area contributed by atoms with Crippen LogP contribution in [0.4, 0.5) is 18.9 Å². The first kappa shape index (κ1) is 17.7. The van der Waals surface area contributed by atoms with Crippen LogP contribution in [-0.4, -0.2) is 23.9 Å². The summed E-state index contributed by atoms with van der Waals surface area (Å²) in [6.07, 6.45) is -3.70. The zero-order valence-electron chi connectivity index (χ0n) is 12.1. The zero-order valence-corrected chi connectivity index (χ0v) is 12.1. The Morgan fingerprint density at radius 1 is 1.14 bits per heavy atom. The van der Waals surface area contributed by atoms with E-state index in [2.05, 4.69) is 10.6 Å². The summed E-state index contributed by atoms with van der Waals surface area (Å²) in [7, 11) is 0. The summed E-state index contributed by atoms with van der Waals surface area (Å²) in [5.74, 6) is -2.56. The molecule has 0 aliphatic rings. The first-order chi connectivity index (χ1) is 10.2. The molecule has 0 aliphatic carbocycles. The van der Waals surface area contributed by atoms with Gasteiger partial charge in [0, 0.05) is 18.0 Å². The van der Waals surface area contributed by atoms with Crippen LogP contribution in [0.25, 0.3) is 0 Å². The molecule has 0 bridgehead atoms. The van der Waals surface area contributed by atoms with E-state index in [1.165, 1.54) is 0 Å². The maximum absolute atomic E-state index is 12.1. The summed E-state index contributed by atoms with van der Waals surface area (Å²) in [5.41, 5.74) is 0.579. The Labute approximate surface area is 126 Å². The van der Waals surface area contributed by atoms with E-state index in [9.17, 15) is 22.8 Å². The van der Waals surface area contributed by atoms with Crippen LogP contribution >= 0.6 is 0 Å². The number of para-hydroxylation sites is 1. The maximum Gasteiger partial charge on any atom is 0.454 e. The minimum Gasteiger partial charge on any atom is -0.379 e. The number of benzene rings is 1. The molecule has 4 nitrogen and oxygen atoms in total. The molecule has 22 heavy (non-hydrogen) atoms. The number of hydrogen-bond acceptors (Lipinski definition) is 3. The van der Waals surface area contributed by atoms with E-state index in [4.69, 9.17) is 0 Å².